The van der Waals surface area contributed by atoms with E-state index in [2.05, 4.69) is 11.9 Å². The highest BCUT2D eigenvalue weighted by atomic mass is 16.5. The molecule has 3 unspecified atom stereocenters. The maximum Gasteiger partial charge on any atom is 0.0481 e. The van der Waals surface area contributed by atoms with Crippen molar-refractivity contribution in [1.29, 1.82) is 0 Å². The number of rotatable bonds is 1. The fraction of sp³-hybridized carbons (Fsp3) is 1.00. The van der Waals surface area contributed by atoms with Gasteiger partial charge < -0.3 is 15.4 Å². The summed E-state index contributed by atoms with van der Waals surface area (Å²) in [4.78, 5) is 2.54. The minimum absolute atomic E-state index is 0.712. The summed E-state index contributed by atoms with van der Waals surface area (Å²) in [7, 11) is 2.27. The number of likely N-dealkylation sites (tertiary alicyclic amines) is 1. The van der Waals surface area contributed by atoms with Crippen LogP contribution in [0.2, 0.25) is 0 Å². The third-order valence-corrected chi connectivity index (χ3v) is 4.21. The molecular weight excluding hydrogens is 188 g/mol. The summed E-state index contributed by atoms with van der Waals surface area (Å²) >= 11 is 0. The molecule has 3 nitrogen and oxygen atoms in total. The number of hydrogen-bond acceptors (Lipinski definition) is 3. The van der Waals surface area contributed by atoms with E-state index < -0.39 is 0 Å². The summed E-state index contributed by atoms with van der Waals surface area (Å²) in [6, 6.07) is 0.712. The SMILES string of the molecule is CN1CCCC(CN)C2CCOCCC21. The van der Waals surface area contributed by atoms with Gasteiger partial charge in [0.15, 0.2) is 0 Å². The first-order valence-electron chi connectivity index (χ1n) is 6.31. The average molecular weight is 212 g/mol. The lowest BCUT2D eigenvalue weighted by atomic mass is 9.81. The second kappa shape index (κ2) is 5.28. The zero-order chi connectivity index (χ0) is 10.7. The van der Waals surface area contributed by atoms with Crippen LogP contribution in [-0.4, -0.2) is 44.3 Å². The molecule has 0 aromatic carbocycles. The van der Waals surface area contributed by atoms with E-state index in [-0.39, 0.29) is 0 Å². The molecule has 15 heavy (non-hydrogen) atoms. The normalized spacial score (nSPS) is 39.2. The summed E-state index contributed by atoms with van der Waals surface area (Å²) in [6.07, 6.45) is 5.02. The van der Waals surface area contributed by atoms with E-state index >= 15 is 0 Å². The van der Waals surface area contributed by atoms with Crippen molar-refractivity contribution in [2.45, 2.75) is 31.7 Å². The van der Waals surface area contributed by atoms with Crippen LogP contribution in [0.5, 0.6) is 0 Å². The van der Waals surface area contributed by atoms with Crippen LogP contribution >= 0.6 is 0 Å². The van der Waals surface area contributed by atoms with Gasteiger partial charge >= 0.3 is 0 Å². The van der Waals surface area contributed by atoms with Gasteiger partial charge in [0.2, 0.25) is 0 Å². The Balaban J connectivity index is 2.11. The highest BCUT2D eigenvalue weighted by Crippen LogP contribution is 2.33. The molecule has 0 radical (unpaired) electrons. The number of nitrogens with two attached hydrogens (primary N) is 1. The van der Waals surface area contributed by atoms with Gasteiger partial charge in [-0.15, -0.1) is 0 Å². The molecule has 0 spiro atoms. The highest BCUT2D eigenvalue weighted by molar-refractivity contribution is 4.87. The van der Waals surface area contributed by atoms with Gasteiger partial charge in [0.05, 0.1) is 0 Å². The predicted molar refractivity (Wildman–Crippen MR) is 61.7 cm³/mol. The van der Waals surface area contributed by atoms with E-state index in [0.29, 0.717) is 6.04 Å². The zero-order valence-corrected chi connectivity index (χ0v) is 9.82. The van der Waals surface area contributed by atoms with Crippen molar-refractivity contribution in [2.24, 2.45) is 17.6 Å². The lowest BCUT2D eigenvalue weighted by molar-refractivity contribution is 0.135. The van der Waals surface area contributed by atoms with Gasteiger partial charge in [-0.2, -0.15) is 0 Å². The maximum atomic E-state index is 5.92. The van der Waals surface area contributed by atoms with Gasteiger partial charge in [-0.05, 0) is 57.7 Å². The molecule has 0 aliphatic carbocycles. The summed E-state index contributed by atoms with van der Waals surface area (Å²) in [5.41, 5.74) is 5.92. The number of ether oxygens (including phenoxy) is 1. The summed E-state index contributed by atoms with van der Waals surface area (Å²) < 4.78 is 5.60. The van der Waals surface area contributed by atoms with Crippen molar-refractivity contribution in [3.63, 3.8) is 0 Å². The van der Waals surface area contributed by atoms with Gasteiger partial charge in [0.1, 0.15) is 0 Å². The first-order valence-corrected chi connectivity index (χ1v) is 6.31. The second-order valence-corrected chi connectivity index (χ2v) is 5.04. The molecule has 2 rings (SSSR count). The van der Waals surface area contributed by atoms with Crippen molar-refractivity contribution in [2.75, 3.05) is 33.4 Å². The van der Waals surface area contributed by atoms with Gasteiger partial charge in [0, 0.05) is 19.3 Å². The van der Waals surface area contributed by atoms with Crippen LogP contribution in [0.25, 0.3) is 0 Å². The Hall–Kier alpha value is -0.120. The van der Waals surface area contributed by atoms with Crippen LogP contribution in [0.1, 0.15) is 25.7 Å². The number of hydrogen-bond donors (Lipinski definition) is 1. The smallest absolute Gasteiger partial charge is 0.0481 e. The van der Waals surface area contributed by atoms with Crippen LogP contribution in [0.4, 0.5) is 0 Å². The molecule has 88 valence electrons. The standard InChI is InChI=1S/C12H24N2O/c1-14-6-2-3-10(9-13)11-4-7-15-8-5-12(11)14/h10-12H,2-9,13H2,1H3. The van der Waals surface area contributed by atoms with Gasteiger partial charge in [-0.3, -0.25) is 0 Å². The molecule has 3 heteroatoms. The van der Waals surface area contributed by atoms with Crippen molar-refractivity contribution in [1.82, 2.24) is 4.90 Å². The molecule has 2 fully saturated rings. The van der Waals surface area contributed by atoms with Crippen LogP contribution in [0.15, 0.2) is 0 Å². The van der Waals surface area contributed by atoms with Crippen molar-refractivity contribution in [3.8, 4) is 0 Å². The van der Waals surface area contributed by atoms with Crippen LogP contribution in [0.3, 0.4) is 0 Å². The molecule has 2 aliphatic heterocycles. The van der Waals surface area contributed by atoms with E-state index in [9.17, 15) is 0 Å². The Labute approximate surface area is 93.0 Å². The fourth-order valence-corrected chi connectivity index (χ4v) is 3.30. The Morgan fingerprint density at radius 3 is 2.87 bits per heavy atom. The molecule has 0 bridgehead atoms. The Morgan fingerprint density at radius 2 is 2.07 bits per heavy atom. The van der Waals surface area contributed by atoms with Gasteiger partial charge in [-0.25, -0.2) is 0 Å². The van der Waals surface area contributed by atoms with E-state index in [1.807, 2.05) is 0 Å². The van der Waals surface area contributed by atoms with E-state index in [4.69, 9.17) is 10.5 Å². The summed E-state index contributed by atoms with van der Waals surface area (Å²) in [5.74, 6) is 1.49. The van der Waals surface area contributed by atoms with Crippen molar-refractivity contribution < 1.29 is 4.74 Å². The molecule has 0 amide bonds. The van der Waals surface area contributed by atoms with E-state index in [1.54, 1.807) is 0 Å². The zero-order valence-electron chi connectivity index (χ0n) is 9.82. The predicted octanol–water partition coefficient (Wildman–Crippen LogP) is 1.08. The summed E-state index contributed by atoms with van der Waals surface area (Å²) in [6.45, 7) is 3.96. The maximum absolute atomic E-state index is 5.92. The average Bonchev–Trinajstić information content (AvgIpc) is 2.55. The molecule has 0 aromatic rings. The molecule has 2 N–H and O–H groups in total. The Morgan fingerprint density at radius 1 is 1.27 bits per heavy atom. The number of fused-ring (bicyclic) bond motifs is 1. The van der Waals surface area contributed by atoms with Crippen LogP contribution in [-0.2, 0) is 4.74 Å². The van der Waals surface area contributed by atoms with Crippen molar-refractivity contribution >= 4 is 0 Å². The third kappa shape index (κ3) is 2.52. The Bertz CT molecular complexity index is 198. The van der Waals surface area contributed by atoms with Crippen LogP contribution < -0.4 is 5.73 Å². The fourth-order valence-electron chi connectivity index (χ4n) is 3.30. The first kappa shape index (κ1) is 11.4. The molecule has 2 heterocycles. The largest absolute Gasteiger partial charge is 0.381 e. The molecule has 2 saturated heterocycles. The van der Waals surface area contributed by atoms with E-state index in [1.165, 1.54) is 32.2 Å². The summed E-state index contributed by atoms with van der Waals surface area (Å²) in [5, 5.41) is 0. The molecule has 0 saturated carbocycles. The molecule has 3 atom stereocenters. The van der Waals surface area contributed by atoms with Crippen molar-refractivity contribution in [3.05, 3.63) is 0 Å². The Kier molecular flexibility index (Phi) is 4.00. The van der Waals surface area contributed by atoms with E-state index in [0.717, 1.165) is 31.6 Å². The quantitative estimate of drug-likeness (QED) is 0.707. The third-order valence-electron chi connectivity index (χ3n) is 4.21. The highest BCUT2D eigenvalue weighted by Gasteiger charge is 2.34. The number of nitrogens with zero attached hydrogens (tertiary/aromatic N) is 1. The molecule has 0 aromatic heterocycles. The van der Waals surface area contributed by atoms with Gasteiger partial charge in [-0.1, -0.05) is 0 Å². The minimum atomic E-state index is 0.712. The first-order chi connectivity index (χ1) is 7.33. The minimum Gasteiger partial charge on any atom is -0.381 e. The monoisotopic (exact) mass is 212 g/mol. The lowest BCUT2D eigenvalue weighted by Crippen LogP contribution is -2.40. The lowest BCUT2D eigenvalue weighted by Gasteiger charge is -2.33. The van der Waals surface area contributed by atoms with Crippen LogP contribution in [0, 0.1) is 11.8 Å². The topological polar surface area (TPSA) is 38.5 Å². The second-order valence-electron chi connectivity index (χ2n) is 5.04. The molecular formula is C12H24N2O. The van der Waals surface area contributed by atoms with Gasteiger partial charge in [0.25, 0.3) is 0 Å². The molecule has 2 aliphatic rings.